The van der Waals surface area contributed by atoms with E-state index in [2.05, 4.69) is 43.5 Å². The number of rotatable bonds is 2. The third-order valence-corrected chi connectivity index (χ3v) is 4.35. The minimum absolute atomic E-state index is 0.0803. The third kappa shape index (κ3) is 2.29. The molecule has 0 unspecified atom stereocenters. The van der Waals surface area contributed by atoms with Crippen LogP contribution in [-0.4, -0.2) is 20.5 Å². The second-order valence-corrected chi connectivity index (χ2v) is 6.07. The Bertz CT molecular complexity index is 873. The third-order valence-electron chi connectivity index (χ3n) is 4.01. The molecule has 0 fully saturated rings. The maximum Gasteiger partial charge on any atom is 0.251 e. The summed E-state index contributed by atoms with van der Waals surface area (Å²) in [6.07, 6.45) is 3.70. The van der Waals surface area contributed by atoms with Crippen molar-refractivity contribution in [3.63, 3.8) is 0 Å². The number of nitrogens with zero attached hydrogens (tertiary/aromatic N) is 3. The molecule has 4 rings (SSSR count). The van der Waals surface area contributed by atoms with Crippen molar-refractivity contribution >= 4 is 27.5 Å². The Labute approximate surface area is 135 Å². The molecule has 2 aromatic heterocycles. The van der Waals surface area contributed by atoms with Gasteiger partial charge in [-0.1, -0.05) is 24.3 Å². The molecule has 0 aliphatic heterocycles. The highest BCUT2D eigenvalue weighted by Gasteiger charge is 2.23. The fourth-order valence-electron chi connectivity index (χ4n) is 2.94. The van der Waals surface area contributed by atoms with Crippen LogP contribution in [0.2, 0.25) is 0 Å². The lowest BCUT2D eigenvalue weighted by Crippen LogP contribution is -2.27. The van der Waals surface area contributed by atoms with Gasteiger partial charge in [-0.15, -0.1) is 5.10 Å². The van der Waals surface area contributed by atoms with Crippen LogP contribution in [0.25, 0.3) is 5.65 Å². The van der Waals surface area contributed by atoms with Crippen molar-refractivity contribution in [2.24, 2.45) is 0 Å². The number of carbonyl (C=O) groups excluding carboxylic acids is 1. The normalized spacial score (nSPS) is 16.7. The molecule has 1 aliphatic rings. The minimum atomic E-state index is -0.0803. The maximum atomic E-state index is 12.5. The van der Waals surface area contributed by atoms with E-state index in [-0.39, 0.29) is 11.9 Å². The lowest BCUT2D eigenvalue weighted by molar-refractivity contribution is 0.0936. The van der Waals surface area contributed by atoms with E-state index in [9.17, 15) is 4.79 Å². The van der Waals surface area contributed by atoms with Crippen LogP contribution in [0.3, 0.4) is 0 Å². The largest absolute Gasteiger partial charge is 0.345 e. The summed E-state index contributed by atoms with van der Waals surface area (Å²) in [5.41, 5.74) is 3.79. The lowest BCUT2D eigenvalue weighted by Gasteiger charge is -2.14. The summed E-state index contributed by atoms with van der Waals surface area (Å²) >= 11 is 3.23. The van der Waals surface area contributed by atoms with Crippen LogP contribution in [0.1, 0.15) is 33.9 Å². The topological polar surface area (TPSA) is 59.3 Å². The van der Waals surface area contributed by atoms with Crippen molar-refractivity contribution in [2.75, 3.05) is 0 Å². The van der Waals surface area contributed by atoms with Crippen LogP contribution in [0.5, 0.6) is 0 Å². The number of aryl methyl sites for hydroxylation is 1. The summed E-state index contributed by atoms with van der Waals surface area (Å²) in [5, 5.41) is 7.25. The average molecular weight is 357 g/mol. The fraction of sp³-hybridized carbons (Fsp3) is 0.188. The summed E-state index contributed by atoms with van der Waals surface area (Å²) in [4.78, 5) is 16.7. The Hall–Kier alpha value is -2.21. The molecule has 1 amide bonds. The summed E-state index contributed by atoms with van der Waals surface area (Å²) in [6.45, 7) is 0. The highest BCUT2D eigenvalue weighted by molar-refractivity contribution is 9.10. The number of halogens is 1. The molecule has 6 heteroatoms. The van der Waals surface area contributed by atoms with Crippen molar-refractivity contribution in [1.29, 1.82) is 0 Å². The number of hydrogen-bond acceptors (Lipinski definition) is 3. The van der Waals surface area contributed by atoms with Crippen LogP contribution in [0.4, 0.5) is 0 Å². The summed E-state index contributed by atoms with van der Waals surface area (Å²) in [6, 6.07) is 11.9. The van der Waals surface area contributed by atoms with Crippen molar-refractivity contribution in [1.82, 2.24) is 19.9 Å². The van der Waals surface area contributed by atoms with Gasteiger partial charge in [-0.25, -0.2) is 9.50 Å². The number of nitrogens with one attached hydrogen (secondary N) is 1. The van der Waals surface area contributed by atoms with E-state index in [1.165, 1.54) is 11.1 Å². The van der Waals surface area contributed by atoms with Crippen LogP contribution in [-0.2, 0) is 6.42 Å². The van der Waals surface area contributed by atoms with E-state index in [1.807, 2.05) is 12.1 Å². The molecular weight excluding hydrogens is 344 g/mol. The van der Waals surface area contributed by atoms with Gasteiger partial charge >= 0.3 is 0 Å². The summed E-state index contributed by atoms with van der Waals surface area (Å²) < 4.78 is 2.14. The van der Waals surface area contributed by atoms with Gasteiger partial charge in [0.15, 0.2) is 5.65 Å². The smallest absolute Gasteiger partial charge is 0.251 e. The molecule has 0 radical (unpaired) electrons. The van der Waals surface area contributed by atoms with Gasteiger partial charge in [0, 0.05) is 11.8 Å². The predicted molar refractivity (Wildman–Crippen MR) is 85.7 cm³/mol. The summed E-state index contributed by atoms with van der Waals surface area (Å²) in [7, 11) is 0. The number of fused-ring (bicyclic) bond motifs is 2. The molecule has 0 saturated carbocycles. The highest BCUT2D eigenvalue weighted by atomic mass is 79.9. The van der Waals surface area contributed by atoms with Gasteiger partial charge in [0.05, 0.1) is 6.04 Å². The molecule has 2 heterocycles. The molecule has 1 aromatic carbocycles. The Morgan fingerprint density at radius 3 is 3.09 bits per heavy atom. The number of carbonyl (C=O) groups is 1. The van der Waals surface area contributed by atoms with E-state index in [0.717, 1.165) is 12.8 Å². The zero-order chi connectivity index (χ0) is 15.1. The number of benzene rings is 1. The zero-order valence-electron chi connectivity index (χ0n) is 11.7. The fourth-order valence-corrected chi connectivity index (χ4v) is 3.30. The number of hydrogen-bond donors (Lipinski definition) is 1. The van der Waals surface area contributed by atoms with E-state index in [4.69, 9.17) is 0 Å². The van der Waals surface area contributed by atoms with Gasteiger partial charge in [-0.3, -0.25) is 4.79 Å². The number of amides is 1. The number of pyridine rings is 1. The first kappa shape index (κ1) is 13.5. The second-order valence-electron chi connectivity index (χ2n) is 5.36. The van der Waals surface area contributed by atoms with Gasteiger partial charge in [0.25, 0.3) is 5.91 Å². The average Bonchev–Trinajstić information content (AvgIpc) is 3.09. The SMILES string of the molecule is O=C(N[C@H]1CCc2ccccc21)c1ccn2nc(Br)nc2c1. The number of aromatic nitrogens is 3. The van der Waals surface area contributed by atoms with E-state index in [1.54, 1.807) is 22.8 Å². The van der Waals surface area contributed by atoms with Crippen LogP contribution < -0.4 is 5.32 Å². The Kier molecular flexibility index (Phi) is 3.18. The van der Waals surface area contributed by atoms with Crippen LogP contribution in [0.15, 0.2) is 47.3 Å². The predicted octanol–water partition coefficient (Wildman–Crippen LogP) is 2.91. The standard InChI is InChI=1S/C16H13BrN4O/c17-16-19-14-9-11(7-8-21(14)20-16)15(22)18-13-6-5-10-3-1-2-4-12(10)13/h1-4,7-9,13H,5-6H2,(H,18,22)/t13-/m0/s1. The van der Waals surface area contributed by atoms with Gasteiger partial charge in [0.2, 0.25) is 4.73 Å². The Morgan fingerprint density at radius 2 is 2.18 bits per heavy atom. The Balaban J connectivity index is 1.59. The first-order chi connectivity index (χ1) is 10.7. The highest BCUT2D eigenvalue weighted by Crippen LogP contribution is 2.30. The first-order valence-electron chi connectivity index (χ1n) is 7.11. The molecule has 0 saturated heterocycles. The molecule has 3 aromatic rings. The second kappa shape index (κ2) is 5.21. The zero-order valence-corrected chi connectivity index (χ0v) is 13.2. The maximum absolute atomic E-state index is 12.5. The van der Waals surface area contributed by atoms with Gasteiger partial charge in [-0.2, -0.15) is 0 Å². The van der Waals surface area contributed by atoms with Crippen LogP contribution in [0, 0.1) is 0 Å². The van der Waals surface area contributed by atoms with Crippen molar-refractivity contribution < 1.29 is 4.79 Å². The molecular formula is C16H13BrN4O. The van der Waals surface area contributed by atoms with E-state index in [0.29, 0.717) is 15.9 Å². The molecule has 1 atom stereocenters. The summed E-state index contributed by atoms with van der Waals surface area (Å²) in [5.74, 6) is -0.0803. The lowest BCUT2D eigenvalue weighted by atomic mass is 10.1. The molecule has 1 N–H and O–H groups in total. The molecule has 0 spiro atoms. The van der Waals surface area contributed by atoms with Gasteiger partial charge in [-0.05, 0) is 52.0 Å². The van der Waals surface area contributed by atoms with Crippen molar-refractivity contribution in [3.8, 4) is 0 Å². The molecule has 0 bridgehead atoms. The molecule has 1 aliphatic carbocycles. The van der Waals surface area contributed by atoms with Crippen molar-refractivity contribution in [3.05, 3.63) is 64.0 Å². The van der Waals surface area contributed by atoms with Crippen LogP contribution >= 0.6 is 15.9 Å². The quantitative estimate of drug-likeness (QED) is 0.767. The Morgan fingerprint density at radius 1 is 1.32 bits per heavy atom. The monoisotopic (exact) mass is 356 g/mol. The molecule has 110 valence electrons. The minimum Gasteiger partial charge on any atom is -0.345 e. The first-order valence-corrected chi connectivity index (χ1v) is 7.90. The van der Waals surface area contributed by atoms with Crippen molar-refractivity contribution in [2.45, 2.75) is 18.9 Å². The molecule has 5 nitrogen and oxygen atoms in total. The van der Waals surface area contributed by atoms with Gasteiger partial charge in [0.1, 0.15) is 0 Å². The van der Waals surface area contributed by atoms with E-state index < -0.39 is 0 Å². The molecule has 22 heavy (non-hydrogen) atoms. The van der Waals surface area contributed by atoms with E-state index >= 15 is 0 Å². The van der Waals surface area contributed by atoms with Gasteiger partial charge < -0.3 is 5.32 Å².